The molecule has 1 fully saturated rings. The molecule has 2 unspecified atom stereocenters. The van der Waals surface area contributed by atoms with Crippen LogP contribution in [0.4, 0.5) is 17.6 Å². The van der Waals surface area contributed by atoms with Gasteiger partial charge in [-0.1, -0.05) is 36.4 Å². The lowest BCUT2D eigenvalue weighted by atomic mass is 9.87. The highest BCUT2D eigenvalue weighted by atomic mass is 19.4. The van der Waals surface area contributed by atoms with Gasteiger partial charge < -0.3 is 4.74 Å². The maximum Gasteiger partial charge on any atom is 0.416 e. The first kappa shape index (κ1) is 18.2. The first-order valence-electron chi connectivity index (χ1n) is 8.87. The summed E-state index contributed by atoms with van der Waals surface area (Å²) in [5, 5.41) is 0. The number of morpholine rings is 1. The Bertz CT molecular complexity index is 847. The van der Waals surface area contributed by atoms with Crippen LogP contribution >= 0.6 is 0 Å². The molecular formula is C21H19F4NO. The molecule has 2 aliphatic heterocycles. The summed E-state index contributed by atoms with van der Waals surface area (Å²) in [6, 6.07) is 12.5. The van der Waals surface area contributed by atoms with Crippen molar-refractivity contribution in [1.29, 1.82) is 0 Å². The Kier molecular flexibility index (Phi) is 4.78. The number of hydrogen-bond acceptors (Lipinski definition) is 2. The molecule has 2 aromatic rings. The minimum Gasteiger partial charge on any atom is -0.378 e. The number of hydrogen-bond donors (Lipinski definition) is 0. The number of alkyl halides is 3. The van der Waals surface area contributed by atoms with Crippen molar-refractivity contribution < 1.29 is 22.3 Å². The van der Waals surface area contributed by atoms with Gasteiger partial charge in [0.2, 0.25) is 0 Å². The molecule has 0 aliphatic carbocycles. The van der Waals surface area contributed by atoms with Gasteiger partial charge in [0, 0.05) is 12.6 Å². The predicted octanol–water partition coefficient (Wildman–Crippen LogP) is 4.90. The molecular weight excluding hydrogens is 358 g/mol. The fourth-order valence-electron chi connectivity index (χ4n) is 3.93. The van der Waals surface area contributed by atoms with E-state index in [9.17, 15) is 17.6 Å². The smallest absolute Gasteiger partial charge is 0.378 e. The Labute approximate surface area is 155 Å². The Morgan fingerprint density at radius 1 is 1.04 bits per heavy atom. The van der Waals surface area contributed by atoms with Crippen molar-refractivity contribution in [1.82, 2.24) is 4.90 Å². The molecule has 1 saturated heterocycles. The van der Waals surface area contributed by atoms with Crippen LogP contribution in [0.3, 0.4) is 0 Å². The van der Waals surface area contributed by atoms with E-state index in [0.717, 1.165) is 23.8 Å². The molecule has 0 N–H and O–H groups in total. The van der Waals surface area contributed by atoms with Crippen molar-refractivity contribution in [3.63, 3.8) is 0 Å². The van der Waals surface area contributed by atoms with Crippen molar-refractivity contribution in [2.24, 2.45) is 0 Å². The molecule has 0 spiro atoms. The van der Waals surface area contributed by atoms with Crippen molar-refractivity contribution in [2.75, 3.05) is 13.2 Å². The predicted molar refractivity (Wildman–Crippen MR) is 94.4 cm³/mol. The van der Waals surface area contributed by atoms with Gasteiger partial charge in [-0.15, -0.1) is 0 Å². The van der Waals surface area contributed by atoms with E-state index in [-0.39, 0.29) is 17.6 Å². The Balaban J connectivity index is 1.68. The number of fused-ring (bicyclic) bond motifs is 2. The second-order valence-electron chi connectivity index (χ2n) is 7.00. The van der Waals surface area contributed by atoms with Crippen LogP contribution in [0.5, 0.6) is 0 Å². The first-order valence-corrected chi connectivity index (χ1v) is 8.87. The molecule has 4 rings (SSSR count). The second-order valence-corrected chi connectivity index (χ2v) is 7.00. The number of nitrogens with zero attached hydrogens (tertiary/aromatic N) is 1. The summed E-state index contributed by atoms with van der Waals surface area (Å²) in [4.78, 5) is 2.26. The zero-order valence-electron chi connectivity index (χ0n) is 14.5. The van der Waals surface area contributed by atoms with Gasteiger partial charge in [-0.25, -0.2) is 4.39 Å². The lowest BCUT2D eigenvalue weighted by molar-refractivity contribution is -0.137. The van der Waals surface area contributed by atoms with Crippen LogP contribution in [-0.4, -0.2) is 30.2 Å². The third-order valence-corrected chi connectivity index (χ3v) is 5.18. The SMILES string of the molecule is Fc1ccc(C(F)(F)F)c(C2=CC3COCC(C2)N3Cc2ccccc2)c1. The van der Waals surface area contributed by atoms with E-state index in [1.54, 1.807) is 0 Å². The van der Waals surface area contributed by atoms with E-state index in [1.165, 1.54) is 0 Å². The second kappa shape index (κ2) is 7.09. The summed E-state index contributed by atoms with van der Waals surface area (Å²) in [5.74, 6) is -0.660. The van der Waals surface area contributed by atoms with Crippen molar-refractivity contribution >= 4 is 5.57 Å². The summed E-state index contributed by atoms with van der Waals surface area (Å²) >= 11 is 0. The Hall–Kier alpha value is -2.18. The van der Waals surface area contributed by atoms with Crippen molar-refractivity contribution in [3.05, 3.63) is 77.1 Å². The number of benzene rings is 2. The molecule has 0 aromatic heterocycles. The van der Waals surface area contributed by atoms with Crippen LogP contribution in [0, 0.1) is 5.82 Å². The van der Waals surface area contributed by atoms with Crippen LogP contribution in [0.25, 0.3) is 5.57 Å². The molecule has 0 radical (unpaired) electrons. The van der Waals surface area contributed by atoms with Crippen LogP contribution < -0.4 is 0 Å². The molecule has 2 bridgehead atoms. The van der Waals surface area contributed by atoms with E-state index >= 15 is 0 Å². The van der Waals surface area contributed by atoms with Crippen LogP contribution in [0.2, 0.25) is 0 Å². The van der Waals surface area contributed by atoms with E-state index in [1.807, 2.05) is 36.4 Å². The van der Waals surface area contributed by atoms with Crippen LogP contribution in [0.15, 0.2) is 54.6 Å². The van der Waals surface area contributed by atoms with Gasteiger partial charge in [0.25, 0.3) is 0 Å². The van der Waals surface area contributed by atoms with Gasteiger partial charge in [-0.3, -0.25) is 4.90 Å². The summed E-state index contributed by atoms with van der Waals surface area (Å²) in [7, 11) is 0. The minimum absolute atomic E-state index is 0.0340. The molecule has 0 amide bonds. The quantitative estimate of drug-likeness (QED) is 0.706. The zero-order chi connectivity index (χ0) is 19.0. The lowest BCUT2D eigenvalue weighted by Crippen LogP contribution is -2.53. The summed E-state index contributed by atoms with van der Waals surface area (Å²) in [6.45, 7) is 1.58. The molecule has 2 aliphatic rings. The van der Waals surface area contributed by atoms with E-state index in [4.69, 9.17) is 4.74 Å². The highest BCUT2D eigenvalue weighted by Crippen LogP contribution is 2.40. The first-order chi connectivity index (χ1) is 12.9. The Morgan fingerprint density at radius 3 is 2.52 bits per heavy atom. The molecule has 2 heterocycles. The molecule has 142 valence electrons. The highest BCUT2D eigenvalue weighted by Gasteiger charge is 2.39. The molecule has 2 atom stereocenters. The summed E-state index contributed by atoms with van der Waals surface area (Å²) in [6.07, 6.45) is -2.31. The average molecular weight is 377 g/mol. The van der Waals surface area contributed by atoms with Gasteiger partial charge in [-0.2, -0.15) is 13.2 Å². The van der Waals surface area contributed by atoms with Gasteiger partial charge in [0.1, 0.15) is 5.82 Å². The zero-order valence-corrected chi connectivity index (χ0v) is 14.5. The van der Waals surface area contributed by atoms with Crippen LogP contribution in [0.1, 0.15) is 23.1 Å². The third-order valence-electron chi connectivity index (χ3n) is 5.18. The van der Waals surface area contributed by atoms with E-state index in [0.29, 0.717) is 31.8 Å². The molecule has 2 aromatic carbocycles. The highest BCUT2D eigenvalue weighted by molar-refractivity contribution is 5.71. The number of rotatable bonds is 3. The Morgan fingerprint density at radius 2 is 1.81 bits per heavy atom. The topological polar surface area (TPSA) is 12.5 Å². The fourth-order valence-corrected chi connectivity index (χ4v) is 3.93. The van der Waals surface area contributed by atoms with Crippen molar-refractivity contribution in [2.45, 2.75) is 31.2 Å². The standard InChI is InChI=1S/C21H19F4NO/c22-16-6-7-20(21(23,24)25)19(10-16)15-8-17-12-27-13-18(9-15)26(17)11-14-4-2-1-3-5-14/h1-8,10,17-18H,9,11-13H2. The number of ether oxygens (including phenoxy) is 1. The minimum atomic E-state index is -4.52. The van der Waals surface area contributed by atoms with Crippen molar-refractivity contribution in [3.8, 4) is 0 Å². The monoisotopic (exact) mass is 377 g/mol. The molecule has 0 saturated carbocycles. The fraction of sp³-hybridized carbons (Fsp3) is 0.333. The average Bonchev–Trinajstić information content (AvgIpc) is 2.61. The largest absolute Gasteiger partial charge is 0.416 e. The normalized spacial score (nSPS) is 23.2. The summed E-state index contributed by atoms with van der Waals surface area (Å²) < 4.78 is 59.6. The van der Waals surface area contributed by atoms with Gasteiger partial charge >= 0.3 is 6.18 Å². The van der Waals surface area contributed by atoms with E-state index in [2.05, 4.69) is 4.90 Å². The summed E-state index contributed by atoms with van der Waals surface area (Å²) in [5.41, 5.74) is 0.849. The van der Waals surface area contributed by atoms with Gasteiger partial charge in [0.15, 0.2) is 0 Å². The lowest BCUT2D eigenvalue weighted by Gasteiger charge is -2.45. The van der Waals surface area contributed by atoms with Gasteiger partial charge in [-0.05, 0) is 41.3 Å². The molecule has 27 heavy (non-hydrogen) atoms. The van der Waals surface area contributed by atoms with E-state index < -0.39 is 17.6 Å². The molecule has 6 heteroatoms. The number of halogens is 4. The third kappa shape index (κ3) is 3.77. The molecule has 2 nitrogen and oxygen atoms in total. The maximum absolute atomic E-state index is 13.7. The van der Waals surface area contributed by atoms with Crippen LogP contribution in [-0.2, 0) is 17.5 Å². The maximum atomic E-state index is 13.7. The van der Waals surface area contributed by atoms with Gasteiger partial charge in [0.05, 0.1) is 24.8 Å².